The van der Waals surface area contributed by atoms with Gasteiger partial charge in [0, 0.05) is 14.1 Å². The van der Waals surface area contributed by atoms with E-state index in [0.717, 1.165) is 12.0 Å². The summed E-state index contributed by atoms with van der Waals surface area (Å²) in [5.74, 6) is 0. The molecule has 0 atom stereocenters. The Balaban J connectivity index is 5.12. The van der Waals surface area contributed by atoms with Crippen molar-refractivity contribution in [2.45, 2.75) is 13.3 Å². The molecule has 0 saturated heterocycles. The lowest BCUT2D eigenvalue weighted by atomic mass is 10.2. The largest absolute Gasteiger partial charge is 0.368 e. The molecule has 0 aliphatic heterocycles. The van der Waals surface area contributed by atoms with Crippen molar-refractivity contribution < 1.29 is 4.58 Å². The minimum absolute atomic E-state index is 0.696. The molecule has 0 fully saturated rings. The molecule has 0 aromatic rings. The molecule has 0 aliphatic rings. The molecule has 0 aliphatic carbocycles. The zero-order valence-electron chi connectivity index (χ0n) is 8.86. The van der Waals surface area contributed by atoms with Gasteiger partial charge in [-0.1, -0.05) is 18.5 Å². The first-order chi connectivity index (χ1) is 5.91. The summed E-state index contributed by atoms with van der Waals surface area (Å²) in [5, 5.41) is 1.39. The number of rotatable bonds is 3. The second-order valence-corrected chi connectivity index (χ2v) is 3.92. The normalized spacial score (nSPS) is 12.2. The molecule has 0 saturated carbocycles. The summed E-state index contributed by atoms with van der Waals surface area (Å²) in [6.45, 7) is 2.03. The minimum Gasteiger partial charge on any atom is -0.368 e. The maximum Gasteiger partial charge on any atom is 0.275 e. The number of hydrogen-bond acceptors (Lipinski definition) is 1. The highest BCUT2D eigenvalue weighted by Crippen LogP contribution is 2.18. The third-order valence-corrected chi connectivity index (χ3v) is 2.77. The Morgan fingerprint density at radius 3 is 1.92 bits per heavy atom. The molecule has 0 aromatic carbocycles. The number of hydrogen-bond donors (Lipinski definition) is 0. The van der Waals surface area contributed by atoms with Gasteiger partial charge in [-0.2, -0.15) is 0 Å². The molecule has 4 heteroatoms. The fourth-order valence-corrected chi connectivity index (χ4v) is 1.41. The van der Waals surface area contributed by atoms with Crippen LogP contribution in [0.2, 0.25) is 0 Å². The second kappa shape index (κ2) is 5.51. The average Bonchev–Trinajstić information content (AvgIpc) is 2.04. The van der Waals surface area contributed by atoms with E-state index >= 15 is 0 Å². The Hall–Kier alpha value is -0.210. The Morgan fingerprint density at radius 2 is 1.69 bits per heavy atom. The summed E-state index contributed by atoms with van der Waals surface area (Å²) < 4.78 is 1.85. The maximum atomic E-state index is 6.09. The van der Waals surface area contributed by atoms with Crippen molar-refractivity contribution in [1.82, 2.24) is 4.90 Å². The van der Waals surface area contributed by atoms with Gasteiger partial charge in [-0.05, 0) is 18.0 Å². The van der Waals surface area contributed by atoms with Crippen LogP contribution < -0.4 is 0 Å². The maximum absolute atomic E-state index is 6.09. The molecule has 2 nitrogen and oxygen atoms in total. The van der Waals surface area contributed by atoms with Crippen LogP contribution in [0.5, 0.6) is 0 Å². The van der Waals surface area contributed by atoms with Gasteiger partial charge in [0.25, 0.3) is 5.17 Å². The lowest BCUT2D eigenvalue weighted by Crippen LogP contribution is -2.16. The highest BCUT2D eigenvalue weighted by Gasteiger charge is 2.15. The number of allylic oxidation sites excluding steroid dienone is 1. The van der Waals surface area contributed by atoms with Crippen molar-refractivity contribution in [2.24, 2.45) is 0 Å². The quantitative estimate of drug-likeness (QED) is 0.405. The van der Waals surface area contributed by atoms with Gasteiger partial charge in [0.2, 0.25) is 0 Å². The van der Waals surface area contributed by atoms with Gasteiger partial charge in [0.05, 0.1) is 5.57 Å². The van der Waals surface area contributed by atoms with Crippen LogP contribution in [0.1, 0.15) is 13.3 Å². The summed E-state index contributed by atoms with van der Waals surface area (Å²) in [7, 11) is 7.60. The number of halogens is 2. The molecule has 0 heterocycles. The zero-order chi connectivity index (χ0) is 10.6. The molecule has 0 amide bonds. The smallest absolute Gasteiger partial charge is 0.275 e. The SMILES string of the molecule is CC/C(C(Cl)=[N+](C)C)=C(/Cl)N(C)C. The van der Waals surface area contributed by atoms with Crippen LogP contribution >= 0.6 is 23.2 Å². The van der Waals surface area contributed by atoms with Gasteiger partial charge in [-0.3, -0.25) is 0 Å². The van der Waals surface area contributed by atoms with Crippen molar-refractivity contribution in [2.75, 3.05) is 28.2 Å². The lowest BCUT2D eigenvalue weighted by molar-refractivity contribution is -0.461. The molecule has 13 heavy (non-hydrogen) atoms. The summed E-state index contributed by atoms with van der Waals surface area (Å²) >= 11 is 12.2. The van der Waals surface area contributed by atoms with Gasteiger partial charge in [-0.25, -0.2) is 4.58 Å². The third-order valence-electron chi connectivity index (χ3n) is 1.64. The van der Waals surface area contributed by atoms with Crippen LogP contribution in [0, 0.1) is 0 Å². The highest BCUT2D eigenvalue weighted by molar-refractivity contribution is 6.68. The van der Waals surface area contributed by atoms with Crippen molar-refractivity contribution >= 4 is 28.4 Å². The van der Waals surface area contributed by atoms with E-state index in [-0.39, 0.29) is 0 Å². The van der Waals surface area contributed by atoms with Crippen molar-refractivity contribution in [1.29, 1.82) is 0 Å². The summed E-state index contributed by atoms with van der Waals surface area (Å²) in [4.78, 5) is 1.85. The number of nitrogens with zero attached hydrogens (tertiary/aromatic N) is 2. The van der Waals surface area contributed by atoms with E-state index in [1.165, 1.54) is 0 Å². The summed E-state index contributed by atoms with van der Waals surface area (Å²) in [6.07, 6.45) is 0.827. The van der Waals surface area contributed by atoms with Crippen LogP contribution in [0.4, 0.5) is 0 Å². The topological polar surface area (TPSA) is 6.25 Å². The van der Waals surface area contributed by atoms with E-state index in [0.29, 0.717) is 10.3 Å². The first-order valence-electron chi connectivity index (χ1n) is 4.17. The molecule has 76 valence electrons. The van der Waals surface area contributed by atoms with E-state index < -0.39 is 0 Å². The molecule has 0 spiro atoms. The van der Waals surface area contributed by atoms with Gasteiger partial charge >= 0.3 is 0 Å². The standard InChI is InChI=1S/C9H17Cl2N2/c1-6-7(8(10)12(2)3)9(11)13(4)5/h6H2,1-5H3/q+1. The molecule has 0 radical (unpaired) electrons. The van der Waals surface area contributed by atoms with E-state index in [4.69, 9.17) is 23.2 Å². The molecule has 0 unspecified atom stereocenters. The first kappa shape index (κ1) is 12.8. The zero-order valence-corrected chi connectivity index (χ0v) is 10.4. The average molecular weight is 224 g/mol. The van der Waals surface area contributed by atoms with Crippen LogP contribution in [0.25, 0.3) is 0 Å². The van der Waals surface area contributed by atoms with Gasteiger partial charge in [0.1, 0.15) is 19.3 Å². The predicted octanol–water partition coefficient (Wildman–Crippen LogP) is 2.32. The summed E-state index contributed by atoms with van der Waals surface area (Å²) in [5.41, 5.74) is 0.971. The fraction of sp³-hybridized carbons (Fsp3) is 0.667. The van der Waals surface area contributed by atoms with Crippen LogP contribution in [0.15, 0.2) is 10.7 Å². The van der Waals surface area contributed by atoms with Crippen LogP contribution in [0.3, 0.4) is 0 Å². The molecule has 0 rings (SSSR count). The van der Waals surface area contributed by atoms with E-state index in [2.05, 4.69) is 0 Å². The van der Waals surface area contributed by atoms with Gasteiger partial charge < -0.3 is 4.90 Å². The predicted molar refractivity (Wildman–Crippen MR) is 59.8 cm³/mol. The molecular formula is C9H17Cl2N2+. The Labute approximate surface area is 90.4 Å². The van der Waals surface area contributed by atoms with Crippen molar-refractivity contribution in [3.05, 3.63) is 10.7 Å². The van der Waals surface area contributed by atoms with E-state index in [1.807, 2.05) is 44.6 Å². The van der Waals surface area contributed by atoms with Gasteiger partial charge in [-0.15, -0.1) is 0 Å². The Kier molecular flexibility index (Phi) is 5.42. The minimum atomic E-state index is 0.696. The summed E-state index contributed by atoms with van der Waals surface area (Å²) in [6, 6.07) is 0. The van der Waals surface area contributed by atoms with E-state index in [9.17, 15) is 0 Å². The molecule has 0 bridgehead atoms. The third kappa shape index (κ3) is 3.57. The molecule has 0 aromatic heterocycles. The fourth-order valence-electron chi connectivity index (χ4n) is 0.917. The monoisotopic (exact) mass is 223 g/mol. The molecular weight excluding hydrogens is 207 g/mol. The first-order valence-corrected chi connectivity index (χ1v) is 4.93. The molecule has 0 N–H and O–H groups in total. The van der Waals surface area contributed by atoms with E-state index in [1.54, 1.807) is 0 Å². The van der Waals surface area contributed by atoms with Crippen LogP contribution in [-0.2, 0) is 0 Å². The second-order valence-electron chi connectivity index (χ2n) is 3.20. The van der Waals surface area contributed by atoms with Crippen molar-refractivity contribution in [3.8, 4) is 0 Å². The lowest BCUT2D eigenvalue weighted by Gasteiger charge is -2.13. The van der Waals surface area contributed by atoms with Crippen LogP contribution in [-0.4, -0.2) is 42.8 Å². The highest BCUT2D eigenvalue weighted by atomic mass is 35.5. The Bertz CT molecular complexity index is 238. The van der Waals surface area contributed by atoms with Crippen molar-refractivity contribution in [3.63, 3.8) is 0 Å². The Morgan fingerprint density at radius 1 is 1.23 bits per heavy atom. The van der Waals surface area contributed by atoms with Gasteiger partial charge in [0.15, 0.2) is 0 Å².